The number of aromatic nitrogens is 1. The zero-order valence-electron chi connectivity index (χ0n) is 31.9. The van der Waals surface area contributed by atoms with Crippen LogP contribution in [0.5, 0.6) is 0 Å². The van der Waals surface area contributed by atoms with Crippen LogP contribution in [0.1, 0.15) is 94.1 Å². The first-order valence-corrected chi connectivity index (χ1v) is 20.7. The van der Waals surface area contributed by atoms with Crippen molar-refractivity contribution in [3.63, 3.8) is 0 Å². The van der Waals surface area contributed by atoms with E-state index in [1.54, 1.807) is 41.8 Å². The number of amidine groups is 1. The molecule has 15 heteroatoms. The third kappa shape index (κ3) is 8.62. The number of carbonyl (C=O) groups is 2. The van der Waals surface area contributed by atoms with E-state index >= 15 is 0 Å². The lowest BCUT2D eigenvalue weighted by Gasteiger charge is -2.39. The van der Waals surface area contributed by atoms with Crippen LogP contribution in [0, 0.1) is 25.7 Å². The highest BCUT2D eigenvalue weighted by Gasteiger charge is 2.51. The van der Waals surface area contributed by atoms with Crippen molar-refractivity contribution in [2.45, 2.75) is 115 Å². The molecule has 3 aliphatic rings. The average Bonchev–Trinajstić information content (AvgIpc) is 3.61. The number of nitrogens with zero attached hydrogens (tertiary/aromatic N) is 4. The number of amides is 2. The van der Waals surface area contributed by atoms with Gasteiger partial charge in [0.15, 0.2) is 5.82 Å². The summed E-state index contributed by atoms with van der Waals surface area (Å²) in [5.41, 5.74) is 2.31. The second-order valence-electron chi connectivity index (χ2n) is 14.9. The fourth-order valence-corrected chi connectivity index (χ4v) is 9.18. The molecule has 2 aromatic carbocycles. The molecule has 1 aromatic heterocycles. The lowest BCUT2D eigenvalue weighted by molar-refractivity contribution is -0.185. The molecule has 0 radical (unpaired) electrons. The summed E-state index contributed by atoms with van der Waals surface area (Å²) in [4.78, 5) is 36.3. The fourth-order valence-electron chi connectivity index (χ4n) is 7.90. The van der Waals surface area contributed by atoms with E-state index < -0.39 is 33.6 Å². The van der Waals surface area contributed by atoms with Crippen LogP contribution < -0.4 is 4.72 Å². The van der Waals surface area contributed by atoms with Gasteiger partial charge in [0, 0.05) is 43.2 Å². The lowest BCUT2D eigenvalue weighted by atomic mass is 9.80. The molecule has 1 saturated carbocycles. The van der Waals surface area contributed by atoms with Crippen molar-refractivity contribution >= 4 is 33.5 Å². The number of sulfonamides is 1. The molecule has 11 nitrogen and oxygen atoms in total. The highest BCUT2D eigenvalue weighted by Crippen LogP contribution is 2.42. The van der Waals surface area contributed by atoms with Gasteiger partial charge in [-0.25, -0.2) is 8.42 Å². The molecular weight excluding hydrogens is 736 g/mol. The van der Waals surface area contributed by atoms with Gasteiger partial charge in [0.1, 0.15) is 17.1 Å². The van der Waals surface area contributed by atoms with Crippen LogP contribution >= 0.6 is 0 Å². The second-order valence-corrected chi connectivity index (χ2v) is 16.6. The van der Waals surface area contributed by atoms with Gasteiger partial charge < -0.3 is 14.2 Å². The lowest BCUT2D eigenvalue weighted by Crippen LogP contribution is -2.52. The number of likely N-dealkylation sites (tertiary alicyclic amines) is 1. The fraction of sp³-hybridized carbons (Fsp3) is 0.550. The Morgan fingerprint density at radius 3 is 2.38 bits per heavy atom. The van der Waals surface area contributed by atoms with E-state index in [1.165, 1.54) is 6.07 Å². The first-order chi connectivity index (χ1) is 26.2. The molecule has 1 aliphatic carbocycles. The molecule has 3 heterocycles. The third-order valence-corrected chi connectivity index (χ3v) is 12.7. The highest BCUT2D eigenvalue weighted by molar-refractivity contribution is 7.92. The average molecular weight is 786 g/mol. The standard InChI is InChI=1S/C40H50F3N5O6S/c1-5-7-12-35-44-39(19-21-47(22-20-39)37(49)29-14-16-31(17-15-29)40(41,42)43)38(50)48(35)24-28-13-18-32(30(23-28)25-53-6-2)33-10-8-9-11-34(33)55(51,52)46-36-26(3)27(4)54-45-36/h8-11,13,18,23,29,31H,5-7,12,14-17,19-22,24-25H2,1-4H3,(H,45,46). The number of rotatable bonds is 13. The van der Waals surface area contributed by atoms with Gasteiger partial charge in [-0.2, -0.15) is 13.2 Å². The SMILES string of the molecule is CCCCC1=NC2(CCN(C(=O)C3CCC(C(F)(F)F)CC3)CC2)C(=O)N1Cc1ccc(-c2ccccc2S(=O)(=O)Nc2noc(C)c2C)c(COCC)c1. The molecule has 55 heavy (non-hydrogen) atoms. The molecule has 1 saturated heterocycles. The molecule has 2 fully saturated rings. The Morgan fingerprint density at radius 2 is 1.75 bits per heavy atom. The molecule has 0 unspecified atom stereocenters. The van der Waals surface area contributed by atoms with Crippen molar-refractivity contribution in [1.29, 1.82) is 0 Å². The number of unbranched alkanes of at least 4 members (excludes halogenated alkanes) is 1. The van der Waals surface area contributed by atoms with Gasteiger partial charge in [-0.1, -0.05) is 54.9 Å². The molecule has 6 rings (SSSR count). The Labute approximate surface area is 320 Å². The van der Waals surface area contributed by atoms with E-state index in [2.05, 4.69) is 16.8 Å². The monoisotopic (exact) mass is 785 g/mol. The Hall–Kier alpha value is -4.24. The Kier molecular flexibility index (Phi) is 12.1. The Bertz CT molecular complexity index is 2010. The minimum Gasteiger partial charge on any atom is -0.377 e. The van der Waals surface area contributed by atoms with Crippen LogP contribution in [-0.2, 0) is 37.5 Å². The number of benzene rings is 2. The van der Waals surface area contributed by atoms with Gasteiger partial charge >= 0.3 is 6.18 Å². The van der Waals surface area contributed by atoms with E-state index in [0.717, 1.165) is 24.0 Å². The molecular formula is C40H50F3N5O6S. The zero-order valence-corrected chi connectivity index (χ0v) is 32.7. The maximum atomic E-state index is 14.3. The van der Waals surface area contributed by atoms with Gasteiger partial charge in [-0.3, -0.25) is 24.2 Å². The van der Waals surface area contributed by atoms with Crippen LogP contribution in [0.4, 0.5) is 19.0 Å². The predicted octanol–water partition coefficient (Wildman–Crippen LogP) is 7.96. The second kappa shape index (κ2) is 16.5. The quantitative estimate of drug-likeness (QED) is 0.186. The number of hydrogen-bond donors (Lipinski definition) is 1. The zero-order chi connectivity index (χ0) is 39.5. The highest BCUT2D eigenvalue weighted by atomic mass is 32.2. The van der Waals surface area contributed by atoms with Gasteiger partial charge in [0.2, 0.25) is 5.91 Å². The predicted molar refractivity (Wildman–Crippen MR) is 202 cm³/mol. The minimum atomic E-state index is -4.23. The van der Waals surface area contributed by atoms with Crippen molar-refractivity contribution in [2.75, 3.05) is 24.4 Å². The van der Waals surface area contributed by atoms with E-state index in [-0.39, 0.29) is 61.4 Å². The molecule has 2 aliphatic heterocycles. The summed E-state index contributed by atoms with van der Waals surface area (Å²) in [6, 6.07) is 12.4. The number of ether oxygens (including phenoxy) is 1. The maximum absolute atomic E-state index is 14.3. The summed E-state index contributed by atoms with van der Waals surface area (Å²) in [6.07, 6.45) is -0.787. The number of piperidine rings is 1. The van der Waals surface area contributed by atoms with Crippen molar-refractivity contribution in [2.24, 2.45) is 16.8 Å². The van der Waals surface area contributed by atoms with Gasteiger partial charge in [-0.05, 0) is 88.5 Å². The summed E-state index contributed by atoms with van der Waals surface area (Å²) >= 11 is 0. The Balaban J connectivity index is 1.21. The van der Waals surface area contributed by atoms with Crippen molar-refractivity contribution < 1.29 is 40.4 Å². The number of anilines is 1. The van der Waals surface area contributed by atoms with E-state index in [1.807, 2.05) is 25.1 Å². The van der Waals surface area contributed by atoms with Crippen LogP contribution in [0.25, 0.3) is 11.1 Å². The number of carbonyl (C=O) groups excluding carboxylic acids is 2. The summed E-state index contributed by atoms with van der Waals surface area (Å²) in [7, 11) is -4.08. The van der Waals surface area contributed by atoms with Crippen molar-refractivity contribution in [1.82, 2.24) is 15.0 Å². The number of halogens is 3. The van der Waals surface area contributed by atoms with Crippen LogP contribution in [0.3, 0.4) is 0 Å². The maximum Gasteiger partial charge on any atom is 0.391 e. The van der Waals surface area contributed by atoms with Crippen molar-refractivity contribution in [3.8, 4) is 11.1 Å². The minimum absolute atomic E-state index is 0.0322. The molecule has 1 spiro atoms. The first kappa shape index (κ1) is 40.4. The Morgan fingerprint density at radius 1 is 1.04 bits per heavy atom. The van der Waals surface area contributed by atoms with Crippen molar-refractivity contribution in [3.05, 3.63) is 64.9 Å². The van der Waals surface area contributed by atoms with Crippen LogP contribution in [0.15, 0.2) is 56.9 Å². The van der Waals surface area contributed by atoms with Gasteiger partial charge in [0.05, 0.1) is 24.0 Å². The number of alkyl halides is 3. The van der Waals surface area contributed by atoms with E-state index in [0.29, 0.717) is 67.2 Å². The van der Waals surface area contributed by atoms with Gasteiger partial charge in [0.25, 0.3) is 15.9 Å². The topological polar surface area (TPSA) is 134 Å². The van der Waals surface area contributed by atoms with Gasteiger partial charge in [-0.15, -0.1) is 0 Å². The largest absolute Gasteiger partial charge is 0.391 e. The normalized spacial score (nSPS) is 20.3. The molecule has 2 amide bonds. The van der Waals surface area contributed by atoms with Crippen LogP contribution in [-0.4, -0.2) is 72.4 Å². The summed E-state index contributed by atoms with van der Waals surface area (Å²) in [5.74, 6) is -0.681. The molecule has 0 atom stereocenters. The smallest absolute Gasteiger partial charge is 0.377 e. The number of aryl methyl sites for hydroxylation is 1. The third-order valence-electron chi connectivity index (χ3n) is 11.3. The summed E-state index contributed by atoms with van der Waals surface area (Å²) in [6.45, 7) is 8.92. The summed E-state index contributed by atoms with van der Waals surface area (Å²) < 4.78 is 80.7. The number of aliphatic imine (C=N–C) groups is 1. The number of hydrogen-bond acceptors (Lipinski definition) is 8. The number of nitrogens with one attached hydrogen (secondary N) is 1. The van der Waals surface area contributed by atoms with E-state index in [4.69, 9.17) is 14.3 Å². The molecule has 0 bridgehead atoms. The van der Waals surface area contributed by atoms with E-state index in [9.17, 15) is 31.2 Å². The first-order valence-electron chi connectivity index (χ1n) is 19.2. The molecule has 298 valence electrons. The molecule has 1 N–H and O–H groups in total. The molecule has 3 aromatic rings. The summed E-state index contributed by atoms with van der Waals surface area (Å²) in [5, 5.41) is 3.87. The van der Waals surface area contributed by atoms with Crippen LogP contribution in [0.2, 0.25) is 0 Å².